The second-order valence-electron chi connectivity index (χ2n) is 7.09. The van der Waals surface area contributed by atoms with Crippen LogP contribution in [0.1, 0.15) is 21.7 Å². The third-order valence-corrected chi connectivity index (χ3v) is 5.62. The van der Waals surface area contributed by atoms with E-state index in [9.17, 15) is 9.59 Å². The molecule has 0 spiro atoms. The molecule has 2 heterocycles. The highest BCUT2D eigenvalue weighted by molar-refractivity contribution is 7.13. The predicted molar refractivity (Wildman–Crippen MR) is 122 cm³/mol. The Morgan fingerprint density at radius 3 is 2.62 bits per heavy atom. The number of thiazole rings is 1. The molecule has 0 saturated heterocycles. The quantitative estimate of drug-likeness (QED) is 0.392. The maximum atomic E-state index is 12.3. The van der Waals surface area contributed by atoms with Gasteiger partial charge in [-0.2, -0.15) is 5.10 Å². The second kappa shape index (κ2) is 9.44. The molecular weight excluding hydrogens is 426 g/mol. The van der Waals surface area contributed by atoms with E-state index in [-0.39, 0.29) is 18.0 Å². The molecule has 2 amide bonds. The highest BCUT2D eigenvalue weighted by Crippen LogP contribution is 2.24. The highest BCUT2D eigenvalue weighted by atomic mass is 32.1. The molecule has 2 aromatic carbocycles. The van der Waals surface area contributed by atoms with E-state index in [1.807, 2.05) is 60.8 Å². The van der Waals surface area contributed by atoms with Gasteiger partial charge in [0.05, 0.1) is 24.9 Å². The van der Waals surface area contributed by atoms with E-state index < -0.39 is 5.91 Å². The number of hydrogen-bond acceptors (Lipinski definition) is 6. The summed E-state index contributed by atoms with van der Waals surface area (Å²) in [5.74, 6) is -0.130. The third-order valence-electron chi connectivity index (χ3n) is 4.68. The molecule has 0 bridgehead atoms. The third kappa shape index (κ3) is 5.01. The van der Waals surface area contributed by atoms with Crippen molar-refractivity contribution in [1.82, 2.24) is 26.0 Å². The average Bonchev–Trinajstić information content (AvgIpc) is 3.48. The second-order valence-corrected chi connectivity index (χ2v) is 7.95. The lowest BCUT2D eigenvalue weighted by Crippen LogP contribution is -2.42. The van der Waals surface area contributed by atoms with Crippen LogP contribution in [0.15, 0.2) is 60.0 Å². The largest absolute Gasteiger partial charge is 0.497 e. The highest BCUT2D eigenvalue weighted by Gasteiger charge is 2.14. The normalized spacial score (nSPS) is 10.6. The van der Waals surface area contributed by atoms with Gasteiger partial charge in [0.25, 0.3) is 5.91 Å². The van der Waals surface area contributed by atoms with E-state index in [1.54, 1.807) is 13.2 Å². The van der Waals surface area contributed by atoms with Crippen LogP contribution in [-0.2, 0) is 11.2 Å². The first-order valence-corrected chi connectivity index (χ1v) is 10.7. The molecule has 0 radical (unpaired) electrons. The number of methoxy groups -OCH3 is 1. The summed E-state index contributed by atoms with van der Waals surface area (Å²) in [6, 6.07) is 17.0. The van der Waals surface area contributed by atoms with Gasteiger partial charge >= 0.3 is 0 Å². The molecule has 3 N–H and O–H groups in total. The molecule has 0 saturated carbocycles. The first-order chi connectivity index (χ1) is 15.5. The Hall–Kier alpha value is -3.98. The summed E-state index contributed by atoms with van der Waals surface area (Å²) < 4.78 is 5.14. The smallest absolute Gasteiger partial charge is 0.287 e. The summed E-state index contributed by atoms with van der Waals surface area (Å²) in [6.45, 7) is 2.02. The summed E-state index contributed by atoms with van der Waals surface area (Å²) in [4.78, 5) is 29.1. The van der Waals surface area contributed by atoms with Crippen molar-refractivity contribution >= 4 is 23.2 Å². The number of carbonyl (C=O) groups is 2. The summed E-state index contributed by atoms with van der Waals surface area (Å²) in [5, 5.41) is 9.52. The van der Waals surface area contributed by atoms with Crippen molar-refractivity contribution in [2.75, 3.05) is 7.11 Å². The first-order valence-electron chi connectivity index (χ1n) is 9.82. The number of nitrogens with one attached hydrogen (secondary N) is 3. The van der Waals surface area contributed by atoms with E-state index in [2.05, 4.69) is 26.0 Å². The summed E-state index contributed by atoms with van der Waals surface area (Å²) in [6.07, 6.45) is 0.0582. The van der Waals surface area contributed by atoms with Crippen LogP contribution < -0.4 is 15.6 Å². The number of carbonyl (C=O) groups excluding carboxylic acids is 2. The molecular formula is C23H21N5O3S. The summed E-state index contributed by atoms with van der Waals surface area (Å²) in [5.41, 5.74) is 9.28. The van der Waals surface area contributed by atoms with E-state index in [0.29, 0.717) is 11.4 Å². The van der Waals surface area contributed by atoms with Gasteiger partial charge in [0.15, 0.2) is 0 Å². The Morgan fingerprint density at radius 1 is 1.06 bits per heavy atom. The molecule has 0 aliphatic carbocycles. The number of hydrazine groups is 1. The molecule has 0 unspecified atom stereocenters. The molecule has 0 aliphatic rings. The van der Waals surface area contributed by atoms with Crippen LogP contribution in [0, 0.1) is 6.92 Å². The van der Waals surface area contributed by atoms with Crippen LogP contribution in [0.4, 0.5) is 0 Å². The Kier molecular flexibility index (Phi) is 6.27. The predicted octanol–water partition coefficient (Wildman–Crippen LogP) is 3.52. The maximum Gasteiger partial charge on any atom is 0.287 e. The van der Waals surface area contributed by atoms with E-state index >= 15 is 0 Å². The van der Waals surface area contributed by atoms with Gasteiger partial charge in [0, 0.05) is 16.5 Å². The molecule has 0 aliphatic heterocycles. The number of benzene rings is 2. The van der Waals surface area contributed by atoms with Crippen molar-refractivity contribution in [1.29, 1.82) is 0 Å². The molecule has 4 rings (SSSR count). The number of ether oxygens (including phenoxy) is 1. The minimum atomic E-state index is -0.496. The SMILES string of the molecule is COc1ccc(-c2cc(C(=O)NNC(=O)Cc3csc(-c4cccc(C)c4)n3)[nH]n2)cc1. The number of aromatic nitrogens is 3. The van der Waals surface area contributed by atoms with Gasteiger partial charge in [0.2, 0.25) is 5.91 Å². The minimum absolute atomic E-state index is 0.0582. The van der Waals surface area contributed by atoms with E-state index in [4.69, 9.17) is 4.74 Å². The van der Waals surface area contributed by atoms with E-state index in [1.165, 1.54) is 11.3 Å². The van der Waals surface area contributed by atoms with Crippen LogP contribution in [-0.4, -0.2) is 34.1 Å². The van der Waals surface area contributed by atoms with Gasteiger partial charge in [-0.05, 0) is 43.3 Å². The molecule has 0 atom stereocenters. The number of rotatable bonds is 6. The molecule has 2 aromatic heterocycles. The van der Waals surface area contributed by atoms with Crippen molar-refractivity contribution in [3.63, 3.8) is 0 Å². The fourth-order valence-electron chi connectivity index (χ4n) is 3.05. The maximum absolute atomic E-state index is 12.3. The number of amides is 2. The van der Waals surface area contributed by atoms with Crippen molar-refractivity contribution in [2.45, 2.75) is 13.3 Å². The Morgan fingerprint density at radius 2 is 1.88 bits per heavy atom. The zero-order valence-electron chi connectivity index (χ0n) is 17.5. The van der Waals surface area contributed by atoms with Crippen molar-refractivity contribution in [2.24, 2.45) is 0 Å². The first kappa shape index (κ1) is 21.3. The van der Waals surface area contributed by atoms with Crippen molar-refractivity contribution in [3.8, 4) is 27.6 Å². The monoisotopic (exact) mass is 447 g/mol. The number of hydrogen-bond donors (Lipinski definition) is 3. The van der Waals surface area contributed by atoms with Crippen LogP contribution in [0.25, 0.3) is 21.8 Å². The van der Waals surface area contributed by atoms with Crippen LogP contribution in [0.2, 0.25) is 0 Å². The van der Waals surface area contributed by atoms with Crippen LogP contribution in [0.3, 0.4) is 0 Å². The fourth-order valence-corrected chi connectivity index (χ4v) is 3.87. The van der Waals surface area contributed by atoms with Gasteiger partial charge in [-0.25, -0.2) is 4.98 Å². The van der Waals surface area contributed by atoms with Gasteiger partial charge in [-0.3, -0.25) is 25.5 Å². The lowest BCUT2D eigenvalue weighted by molar-refractivity contribution is -0.121. The van der Waals surface area contributed by atoms with Crippen LogP contribution >= 0.6 is 11.3 Å². The lowest BCUT2D eigenvalue weighted by atomic mass is 10.1. The number of nitrogens with zero attached hydrogens (tertiary/aromatic N) is 2. The lowest BCUT2D eigenvalue weighted by Gasteiger charge is -2.05. The fraction of sp³-hybridized carbons (Fsp3) is 0.130. The standard InChI is InChI=1S/C23H21N5O3S/c1-14-4-3-5-16(10-14)23-24-17(13-32-23)11-21(29)27-28-22(30)20-12-19(25-26-20)15-6-8-18(31-2)9-7-15/h3-10,12-13H,11H2,1-2H3,(H,25,26)(H,27,29)(H,28,30). The average molecular weight is 448 g/mol. The molecule has 162 valence electrons. The van der Waals surface area contributed by atoms with E-state index in [0.717, 1.165) is 27.4 Å². The molecule has 32 heavy (non-hydrogen) atoms. The number of aromatic amines is 1. The van der Waals surface area contributed by atoms with Crippen molar-refractivity contribution in [3.05, 3.63) is 76.9 Å². The number of H-pyrrole nitrogens is 1. The Labute approximate surface area is 188 Å². The Bertz CT molecular complexity index is 1250. The molecule has 4 aromatic rings. The zero-order valence-corrected chi connectivity index (χ0v) is 18.3. The Balaban J connectivity index is 1.31. The van der Waals surface area contributed by atoms with Gasteiger partial charge in [-0.15, -0.1) is 11.3 Å². The number of aryl methyl sites for hydroxylation is 1. The van der Waals surface area contributed by atoms with Crippen molar-refractivity contribution < 1.29 is 14.3 Å². The van der Waals surface area contributed by atoms with Gasteiger partial charge < -0.3 is 4.74 Å². The van der Waals surface area contributed by atoms with Crippen LogP contribution in [0.5, 0.6) is 5.75 Å². The molecule has 9 heteroatoms. The molecule has 0 fully saturated rings. The van der Waals surface area contributed by atoms with Gasteiger partial charge in [-0.1, -0.05) is 23.8 Å². The zero-order chi connectivity index (χ0) is 22.5. The minimum Gasteiger partial charge on any atom is -0.497 e. The van der Waals surface area contributed by atoms with Gasteiger partial charge in [0.1, 0.15) is 16.5 Å². The summed E-state index contributed by atoms with van der Waals surface area (Å²) in [7, 11) is 1.60. The molecule has 8 nitrogen and oxygen atoms in total. The topological polar surface area (TPSA) is 109 Å². The summed E-state index contributed by atoms with van der Waals surface area (Å²) >= 11 is 1.48.